The Morgan fingerprint density at radius 2 is 1.84 bits per heavy atom. The fourth-order valence-electron chi connectivity index (χ4n) is 5.49. The first-order chi connectivity index (χ1) is 11.6. The van der Waals surface area contributed by atoms with Gasteiger partial charge in [0.1, 0.15) is 5.41 Å². The second-order valence-corrected chi connectivity index (χ2v) is 8.72. The summed E-state index contributed by atoms with van der Waals surface area (Å²) >= 11 is 0. The molecule has 0 amide bonds. The number of rotatable bonds is 1. The lowest BCUT2D eigenvalue weighted by molar-refractivity contribution is -0.144. The van der Waals surface area contributed by atoms with Crippen LogP contribution in [-0.4, -0.2) is 28.1 Å². The van der Waals surface area contributed by atoms with Gasteiger partial charge in [-0.15, -0.1) is 0 Å². The number of fused-ring (bicyclic) bond motifs is 1. The monoisotopic (exact) mass is 344 g/mol. The quantitative estimate of drug-likeness (QED) is 0.602. The molecule has 2 unspecified atom stereocenters. The van der Waals surface area contributed by atoms with Gasteiger partial charge in [0, 0.05) is 22.6 Å². The number of benzene rings is 1. The van der Waals surface area contributed by atoms with E-state index in [4.69, 9.17) is 4.74 Å². The minimum Gasteiger partial charge on any atom is -0.504 e. The number of phenols is 2. The molecule has 5 nitrogen and oxygen atoms in total. The van der Waals surface area contributed by atoms with Crippen molar-refractivity contribution in [2.75, 3.05) is 0 Å². The van der Waals surface area contributed by atoms with Crippen molar-refractivity contribution in [3.8, 4) is 11.5 Å². The highest BCUT2D eigenvalue weighted by molar-refractivity contribution is 6.10. The van der Waals surface area contributed by atoms with Crippen LogP contribution >= 0.6 is 0 Å². The number of hydrogen-bond donors (Lipinski definition) is 2. The molecule has 0 spiro atoms. The smallest absolute Gasteiger partial charge is 0.317 e. The molecule has 1 saturated heterocycles. The molecule has 1 heterocycles. The molecule has 3 aliphatic rings. The van der Waals surface area contributed by atoms with Crippen molar-refractivity contribution >= 4 is 11.8 Å². The van der Waals surface area contributed by atoms with E-state index in [1.807, 2.05) is 13.8 Å². The van der Waals surface area contributed by atoms with Crippen molar-refractivity contribution in [2.45, 2.75) is 64.4 Å². The molecule has 1 aromatic carbocycles. The third kappa shape index (κ3) is 1.79. The molecule has 1 saturated carbocycles. The van der Waals surface area contributed by atoms with Gasteiger partial charge < -0.3 is 14.9 Å². The molecule has 2 N–H and O–H groups in total. The molecule has 134 valence electrons. The summed E-state index contributed by atoms with van der Waals surface area (Å²) < 4.78 is 5.57. The predicted molar refractivity (Wildman–Crippen MR) is 90.9 cm³/mol. The summed E-state index contributed by atoms with van der Waals surface area (Å²) in [5, 5.41) is 21.3. The first-order valence-corrected chi connectivity index (χ1v) is 8.97. The predicted octanol–water partition coefficient (Wildman–Crippen LogP) is 3.41. The van der Waals surface area contributed by atoms with Gasteiger partial charge in [-0.2, -0.15) is 0 Å². The summed E-state index contributed by atoms with van der Waals surface area (Å²) in [6.07, 6.45) is 1.45. The zero-order valence-electron chi connectivity index (χ0n) is 15.0. The Kier molecular flexibility index (Phi) is 3.14. The van der Waals surface area contributed by atoms with Gasteiger partial charge in [-0.3, -0.25) is 9.59 Å². The highest BCUT2D eigenvalue weighted by Gasteiger charge is 2.70. The molecule has 1 aromatic rings. The number of carbonyl (C=O) groups excluding carboxylic acids is 2. The number of aromatic hydroxyl groups is 2. The van der Waals surface area contributed by atoms with Gasteiger partial charge in [-0.25, -0.2) is 0 Å². The maximum absolute atomic E-state index is 13.1. The highest BCUT2D eigenvalue weighted by Crippen LogP contribution is 2.64. The van der Waals surface area contributed by atoms with Crippen LogP contribution < -0.4 is 0 Å². The molecule has 3 atom stereocenters. The second kappa shape index (κ2) is 4.77. The van der Waals surface area contributed by atoms with Crippen molar-refractivity contribution in [3.05, 3.63) is 22.8 Å². The third-order valence-corrected chi connectivity index (χ3v) is 6.56. The van der Waals surface area contributed by atoms with Crippen molar-refractivity contribution in [1.29, 1.82) is 0 Å². The van der Waals surface area contributed by atoms with Crippen molar-refractivity contribution in [1.82, 2.24) is 0 Å². The number of ketones is 1. The van der Waals surface area contributed by atoms with Crippen LogP contribution in [0.1, 0.15) is 74.4 Å². The number of carbonyl (C=O) groups is 2. The van der Waals surface area contributed by atoms with Gasteiger partial charge in [0.15, 0.2) is 17.6 Å². The lowest BCUT2D eigenvalue weighted by Crippen LogP contribution is -2.54. The Morgan fingerprint density at radius 3 is 2.48 bits per heavy atom. The summed E-state index contributed by atoms with van der Waals surface area (Å²) in [5.74, 6) is -1.61. The Balaban J connectivity index is 2.08. The van der Waals surface area contributed by atoms with Crippen LogP contribution in [0.5, 0.6) is 11.5 Å². The molecule has 25 heavy (non-hydrogen) atoms. The first kappa shape index (κ1) is 16.4. The van der Waals surface area contributed by atoms with Gasteiger partial charge in [-0.05, 0) is 30.2 Å². The normalized spacial score (nSPS) is 32.4. The maximum atomic E-state index is 13.1. The van der Waals surface area contributed by atoms with Crippen molar-refractivity contribution in [3.63, 3.8) is 0 Å². The SMILES string of the molecule is CC(C)c1cc2c(c(O)c1O)C13CCCC(C)(C)C1[C@@H](OC3=O)C2=O. The van der Waals surface area contributed by atoms with Gasteiger partial charge >= 0.3 is 5.97 Å². The van der Waals surface area contributed by atoms with E-state index in [0.717, 1.165) is 12.8 Å². The first-order valence-electron chi connectivity index (χ1n) is 8.97. The van der Waals surface area contributed by atoms with E-state index in [9.17, 15) is 19.8 Å². The molecule has 0 radical (unpaired) electrons. The van der Waals surface area contributed by atoms with E-state index in [1.54, 1.807) is 6.07 Å². The summed E-state index contributed by atoms with van der Waals surface area (Å²) in [5.41, 5.74) is -0.158. The fraction of sp³-hybridized carbons (Fsp3) is 0.600. The van der Waals surface area contributed by atoms with Gasteiger partial charge in [0.2, 0.25) is 5.78 Å². The van der Waals surface area contributed by atoms with Crippen LogP contribution in [-0.2, 0) is 14.9 Å². The number of hydrogen-bond acceptors (Lipinski definition) is 5. The van der Waals surface area contributed by atoms with Gasteiger partial charge in [0.25, 0.3) is 0 Å². The molecule has 1 aliphatic heterocycles. The summed E-state index contributed by atoms with van der Waals surface area (Å²) in [7, 11) is 0. The van der Waals surface area contributed by atoms with Crippen LogP contribution in [0.3, 0.4) is 0 Å². The van der Waals surface area contributed by atoms with E-state index >= 15 is 0 Å². The molecule has 5 heteroatoms. The average molecular weight is 344 g/mol. The summed E-state index contributed by atoms with van der Waals surface area (Å²) in [4.78, 5) is 26.1. The lowest BCUT2D eigenvalue weighted by atomic mass is 9.49. The van der Waals surface area contributed by atoms with E-state index in [0.29, 0.717) is 17.5 Å². The minimum absolute atomic E-state index is 0.0590. The summed E-state index contributed by atoms with van der Waals surface area (Å²) in [6, 6.07) is 1.64. The van der Waals surface area contributed by atoms with Crippen LogP contribution in [0.25, 0.3) is 0 Å². The third-order valence-electron chi connectivity index (χ3n) is 6.56. The Bertz CT molecular complexity index is 807. The minimum atomic E-state index is -1.03. The molecule has 0 aromatic heterocycles. The van der Waals surface area contributed by atoms with Crippen LogP contribution in [0.4, 0.5) is 0 Å². The Morgan fingerprint density at radius 1 is 1.16 bits per heavy atom. The highest BCUT2D eigenvalue weighted by atomic mass is 16.6. The molecule has 2 fully saturated rings. The van der Waals surface area contributed by atoms with Crippen molar-refractivity contribution < 1.29 is 24.5 Å². The Labute approximate surface area is 147 Å². The van der Waals surface area contributed by atoms with Crippen molar-refractivity contribution in [2.24, 2.45) is 11.3 Å². The van der Waals surface area contributed by atoms with Crippen LogP contribution in [0.2, 0.25) is 0 Å². The van der Waals surface area contributed by atoms with E-state index in [-0.39, 0.29) is 40.1 Å². The fourth-order valence-corrected chi connectivity index (χ4v) is 5.49. The van der Waals surface area contributed by atoms with Crippen LogP contribution in [0, 0.1) is 11.3 Å². The van der Waals surface area contributed by atoms with Crippen LogP contribution in [0.15, 0.2) is 6.07 Å². The largest absolute Gasteiger partial charge is 0.504 e. The lowest BCUT2D eigenvalue weighted by Gasteiger charge is -2.49. The molecule has 2 aliphatic carbocycles. The van der Waals surface area contributed by atoms with Gasteiger partial charge in [-0.1, -0.05) is 34.1 Å². The molecule has 4 rings (SSSR count). The standard InChI is InChI=1S/C20H24O5/c1-9(2)10-8-11-12(15(23)13(10)21)20-7-5-6-19(3,4)17(20)16(14(11)22)25-18(20)24/h8-9,16-17,21,23H,5-7H2,1-4H3/t16-,17?,20?/m0/s1. The zero-order chi connectivity index (χ0) is 18.3. The number of phenolic OH excluding ortho intramolecular Hbond substituents is 2. The molecule has 2 bridgehead atoms. The zero-order valence-corrected chi connectivity index (χ0v) is 15.0. The van der Waals surface area contributed by atoms with E-state index < -0.39 is 17.5 Å². The number of esters is 1. The Hall–Kier alpha value is -2.04. The van der Waals surface area contributed by atoms with Gasteiger partial charge in [0.05, 0.1) is 0 Å². The number of Topliss-reactive ketones (excluding diaryl/α,β-unsaturated/α-hetero) is 1. The summed E-state index contributed by atoms with van der Waals surface area (Å²) in [6.45, 7) is 7.88. The average Bonchev–Trinajstić information content (AvgIpc) is 2.79. The number of ether oxygens (including phenoxy) is 1. The molecular weight excluding hydrogens is 320 g/mol. The van der Waals surface area contributed by atoms with E-state index in [2.05, 4.69) is 13.8 Å². The molecular formula is C20H24O5. The topological polar surface area (TPSA) is 83.8 Å². The van der Waals surface area contributed by atoms with E-state index in [1.165, 1.54) is 0 Å². The second-order valence-electron chi connectivity index (χ2n) is 8.72. The maximum Gasteiger partial charge on any atom is 0.317 e.